The Labute approximate surface area is 141 Å². The third kappa shape index (κ3) is 3.11. The quantitative estimate of drug-likeness (QED) is 0.664. The number of carbonyl (C=O) groups is 1. The minimum Gasteiger partial charge on any atom is -0.494 e. The maximum absolute atomic E-state index is 12.6. The molecule has 1 amide bonds. The van der Waals surface area contributed by atoms with Gasteiger partial charge in [0.05, 0.1) is 12.4 Å². The second kappa shape index (κ2) is 6.75. The highest BCUT2D eigenvalue weighted by Crippen LogP contribution is 2.17. The van der Waals surface area contributed by atoms with E-state index in [2.05, 4.69) is 10.2 Å². The first-order chi connectivity index (χ1) is 11.6. The minimum atomic E-state index is -0.459. The Balaban J connectivity index is 1.97. The minimum absolute atomic E-state index is 0.0722. The van der Waals surface area contributed by atoms with Crippen LogP contribution in [0.1, 0.15) is 6.92 Å². The number of hydrogen-bond donors (Lipinski definition) is 1. The van der Waals surface area contributed by atoms with E-state index < -0.39 is 5.91 Å². The molecule has 0 spiro atoms. The lowest BCUT2D eigenvalue weighted by molar-refractivity contribution is -0.115. The second-order valence-electron chi connectivity index (χ2n) is 4.83. The van der Waals surface area contributed by atoms with Crippen LogP contribution in [0.15, 0.2) is 46.6 Å². The average Bonchev–Trinajstić information content (AvgIpc) is 2.99. The molecule has 9 heteroatoms. The lowest BCUT2D eigenvalue weighted by atomic mass is 10.3. The van der Waals surface area contributed by atoms with Gasteiger partial charge in [-0.1, -0.05) is 11.8 Å². The van der Waals surface area contributed by atoms with Crippen molar-refractivity contribution in [2.75, 3.05) is 12.4 Å². The lowest BCUT2D eigenvalue weighted by Gasteiger charge is -2.08. The molecule has 2 N–H and O–H groups in total. The molecule has 0 fully saturated rings. The number of primary amides is 1. The van der Waals surface area contributed by atoms with Crippen LogP contribution in [0.25, 0.3) is 11.3 Å². The molecule has 3 aromatic rings. The summed E-state index contributed by atoms with van der Waals surface area (Å²) in [5.74, 6) is 0.352. The Morgan fingerprint density at radius 3 is 2.67 bits per heavy atom. The molecule has 24 heavy (non-hydrogen) atoms. The van der Waals surface area contributed by atoms with E-state index in [1.54, 1.807) is 41.1 Å². The van der Waals surface area contributed by atoms with Gasteiger partial charge in [-0.2, -0.15) is 0 Å². The van der Waals surface area contributed by atoms with Crippen molar-refractivity contribution >= 4 is 23.3 Å². The fourth-order valence-electron chi connectivity index (χ4n) is 2.17. The van der Waals surface area contributed by atoms with E-state index in [9.17, 15) is 9.59 Å². The molecule has 0 saturated carbocycles. The predicted molar refractivity (Wildman–Crippen MR) is 89.7 cm³/mol. The summed E-state index contributed by atoms with van der Waals surface area (Å²) in [6.45, 7) is 2.49. The van der Waals surface area contributed by atoms with E-state index in [1.165, 1.54) is 4.57 Å². The summed E-state index contributed by atoms with van der Waals surface area (Å²) in [4.78, 5) is 23.5. The zero-order valence-corrected chi connectivity index (χ0v) is 13.7. The van der Waals surface area contributed by atoms with Gasteiger partial charge >= 0.3 is 5.56 Å². The van der Waals surface area contributed by atoms with Crippen LogP contribution in [-0.2, 0) is 4.79 Å². The van der Waals surface area contributed by atoms with Crippen molar-refractivity contribution in [1.29, 1.82) is 0 Å². The van der Waals surface area contributed by atoms with Crippen molar-refractivity contribution in [3.63, 3.8) is 0 Å². The Morgan fingerprint density at radius 2 is 2.00 bits per heavy atom. The maximum Gasteiger partial charge on any atom is 0.300 e. The Kier molecular flexibility index (Phi) is 4.52. The van der Waals surface area contributed by atoms with E-state index >= 15 is 0 Å². The fraction of sp³-hybridized carbons (Fsp3) is 0.200. The molecular formula is C15H15N5O3S. The van der Waals surface area contributed by atoms with Gasteiger partial charge in [0.15, 0.2) is 5.16 Å². The van der Waals surface area contributed by atoms with E-state index in [4.69, 9.17) is 10.5 Å². The second-order valence-corrected chi connectivity index (χ2v) is 5.77. The normalized spacial score (nSPS) is 10.9. The van der Waals surface area contributed by atoms with Gasteiger partial charge in [-0.05, 0) is 31.2 Å². The lowest BCUT2D eigenvalue weighted by Crippen LogP contribution is -2.20. The summed E-state index contributed by atoms with van der Waals surface area (Å²) in [6.07, 6.45) is 3.30. The number of nitrogens with zero attached hydrogens (tertiary/aromatic N) is 4. The highest BCUT2D eigenvalue weighted by Gasteiger charge is 2.12. The van der Waals surface area contributed by atoms with Gasteiger partial charge in [0, 0.05) is 18.1 Å². The fourth-order valence-corrected chi connectivity index (χ4v) is 2.83. The van der Waals surface area contributed by atoms with Gasteiger partial charge in [-0.25, -0.2) is 0 Å². The molecule has 0 aliphatic heterocycles. The predicted octanol–water partition coefficient (Wildman–Crippen LogP) is 0.856. The number of aromatic nitrogens is 4. The molecule has 8 nitrogen and oxygen atoms in total. The van der Waals surface area contributed by atoms with Crippen LogP contribution in [0.3, 0.4) is 0 Å². The number of thioether (sulfide) groups is 1. The van der Waals surface area contributed by atoms with Gasteiger partial charge in [0.1, 0.15) is 5.75 Å². The molecule has 3 rings (SSSR count). The molecule has 2 heterocycles. The van der Waals surface area contributed by atoms with Crippen molar-refractivity contribution in [3.05, 3.63) is 47.0 Å². The van der Waals surface area contributed by atoms with Crippen LogP contribution < -0.4 is 16.0 Å². The summed E-state index contributed by atoms with van der Waals surface area (Å²) in [5, 5.41) is 8.29. The summed E-state index contributed by atoms with van der Waals surface area (Å²) < 4.78 is 8.41. The zero-order chi connectivity index (χ0) is 17.1. The van der Waals surface area contributed by atoms with Crippen LogP contribution in [0.5, 0.6) is 5.75 Å². The number of ether oxygens (including phenoxy) is 1. The number of nitrogens with two attached hydrogens (primary N) is 1. The Bertz CT molecular complexity index is 932. The molecule has 2 aromatic heterocycles. The number of hydrogen-bond acceptors (Lipinski definition) is 6. The van der Waals surface area contributed by atoms with Gasteiger partial charge < -0.3 is 10.5 Å². The summed E-state index contributed by atoms with van der Waals surface area (Å²) >= 11 is 1.13. The van der Waals surface area contributed by atoms with Crippen LogP contribution in [-0.4, -0.2) is 37.4 Å². The molecule has 0 aliphatic rings. The van der Waals surface area contributed by atoms with Crippen LogP contribution in [0.2, 0.25) is 0 Å². The Hall–Kier alpha value is -2.81. The van der Waals surface area contributed by atoms with E-state index in [1.807, 2.05) is 6.92 Å². The first-order valence-electron chi connectivity index (χ1n) is 7.21. The van der Waals surface area contributed by atoms with E-state index in [0.717, 1.165) is 17.5 Å². The molecule has 0 saturated heterocycles. The van der Waals surface area contributed by atoms with Crippen LogP contribution >= 0.6 is 11.8 Å². The third-order valence-electron chi connectivity index (χ3n) is 3.21. The average molecular weight is 345 g/mol. The van der Waals surface area contributed by atoms with Gasteiger partial charge in [0.2, 0.25) is 11.6 Å². The van der Waals surface area contributed by atoms with Gasteiger partial charge in [0.25, 0.3) is 0 Å². The molecule has 0 bridgehead atoms. The number of rotatable bonds is 6. The van der Waals surface area contributed by atoms with Crippen LogP contribution in [0.4, 0.5) is 0 Å². The molecular weight excluding hydrogens is 330 g/mol. The van der Waals surface area contributed by atoms with E-state index in [-0.39, 0.29) is 17.0 Å². The first kappa shape index (κ1) is 16.1. The van der Waals surface area contributed by atoms with Crippen molar-refractivity contribution in [2.45, 2.75) is 12.1 Å². The SMILES string of the molecule is CCOc1ccc(-n2ccn3c(SCC(N)=O)nnc3c2=O)cc1. The highest BCUT2D eigenvalue weighted by atomic mass is 32.2. The number of fused-ring (bicyclic) bond motifs is 1. The van der Waals surface area contributed by atoms with Gasteiger partial charge in [-0.15, -0.1) is 10.2 Å². The van der Waals surface area contributed by atoms with Crippen molar-refractivity contribution in [1.82, 2.24) is 19.2 Å². The van der Waals surface area contributed by atoms with Crippen molar-refractivity contribution < 1.29 is 9.53 Å². The summed E-state index contributed by atoms with van der Waals surface area (Å²) in [7, 11) is 0. The monoisotopic (exact) mass is 345 g/mol. The topological polar surface area (TPSA) is 105 Å². The van der Waals surface area contributed by atoms with Crippen molar-refractivity contribution in [3.8, 4) is 11.4 Å². The number of carbonyl (C=O) groups excluding carboxylic acids is 1. The standard InChI is InChI=1S/C15H15N5O3S/c1-2-23-11-5-3-10(4-6-11)19-7-8-20-13(14(19)22)17-18-15(20)24-9-12(16)21/h3-8H,2,9H2,1H3,(H2,16,21). The number of benzene rings is 1. The molecule has 0 atom stereocenters. The Morgan fingerprint density at radius 1 is 1.25 bits per heavy atom. The van der Waals surface area contributed by atoms with Gasteiger partial charge in [-0.3, -0.25) is 18.6 Å². The third-order valence-corrected chi connectivity index (χ3v) is 4.17. The molecule has 0 radical (unpaired) electrons. The molecule has 0 unspecified atom stereocenters. The molecule has 0 aliphatic carbocycles. The zero-order valence-electron chi connectivity index (χ0n) is 12.9. The largest absolute Gasteiger partial charge is 0.494 e. The van der Waals surface area contributed by atoms with Crippen molar-refractivity contribution in [2.24, 2.45) is 5.73 Å². The summed E-state index contributed by atoms with van der Waals surface area (Å²) in [6, 6.07) is 7.19. The smallest absolute Gasteiger partial charge is 0.300 e. The highest BCUT2D eigenvalue weighted by molar-refractivity contribution is 7.99. The number of amides is 1. The summed E-state index contributed by atoms with van der Waals surface area (Å²) in [5.41, 5.74) is 5.69. The van der Waals surface area contributed by atoms with E-state index in [0.29, 0.717) is 17.5 Å². The molecule has 1 aromatic carbocycles. The van der Waals surface area contributed by atoms with Crippen LogP contribution in [0, 0.1) is 0 Å². The maximum atomic E-state index is 12.6. The molecule has 124 valence electrons. The first-order valence-corrected chi connectivity index (χ1v) is 8.19.